The van der Waals surface area contributed by atoms with Crippen LogP contribution in [0.25, 0.3) is 44.5 Å². The summed E-state index contributed by atoms with van der Waals surface area (Å²) in [4.78, 5) is 178. The molecular formula is C111H121Cl2F2N11O20S2. The number of carbonyl (C=O) groups is 11. The van der Waals surface area contributed by atoms with Gasteiger partial charge in [-0.25, -0.2) is 50.3 Å². The standard InChI is InChI=1S/C111H121Cl2F2N11O20S2/c1-69(2)46-77(95(129)34-40-104(134)125(42-44-147(8,138)139)63-87-30-38-100(144-87)75-26-32-93-89(54-75)107(120-67-118-93)122-83-28-36-102(91(112)58-83)142-65-73-22-16-24-81(114)50-73)56-97(131)79(48-71-18-12-10-13-19-71)52-85(127)60-116-62-99(133)106(124-110(137)146-111(5,6)7)109(136)117-61-86(128)53-80(49-72-20-14-11-15-21-72)98(132)57-78(47-70(3)4)96(130)35-41-105(135)126(43-45-148(9,140)141)64-88-31-39-101(145-88)76-27-33-94-90(55-76)108(121-68-119-94)123-84-29-37-103(92(113)59-84)143-66-74-23-17-25-82(115)51-74/h10-33,36-39,50-51,54-55,58-59,67-70,77-80,106,116H,34-35,40-49,52-53,56-57,60-66H2,1-9H3,(H,117,136)(H,124,137)(H,118,120,122)(H,119,121,123). The van der Waals surface area contributed by atoms with Crippen LogP contribution >= 0.6 is 23.2 Å². The fourth-order valence-corrected chi connectivity index (χ4v) is 18.5. The number of Topliss-reactive ketones (excluding diaryl/α,β-unsaturated/α-hetero) is 7. The highest BCUT2D eigenvalue weighted by molar-refractivity contribution is 7.90. The Morgan fingerprint density at radius 2 is 0.872 bits per heavy atom. The minimum atomic E-state index is -3.63. The number of furan rings is 2. The molecule has 0 aliphatic rings. The average Bonchev–Trinajstić information content (AvgIpc) is 1.25. The van der Waals surface area contributed by atoms with Gasteiger partial charge in [-0.3, -0.25) is 47.9 Å². The molecule has 5 atom stereocenters. The van der Waals surface area contributed by atoms with Crippen LogP contribution in [0.5, 0.6) is 11.5 Å². The molecule has 0 bridgehead atoms. The molecule has 4 aromatic heterocycles. The van der Waals surface area contributed by atoms with Gasteiger partial charge in [-0.2, -0.15) is 0 Å². The van der Waals surface area contributed by atoms with Crippen LogP contribution < -0.4 is 36.1 Å². The summed E-state index contributed by atoms with van der Waals surface area (Å²) < 4.78 is 108. The molecule has 0 aliphatic carbocycles. The number of aromatic nitrogens is 4. The second kappa shape index (κ2) is 53.0. The number of benzene rings is 8. The molecule has 0 spiro atoms. The van der Waals surface area contributed by atoms with Crippen molar-refractivity contribution in [3.05, 3.63) is 274 Å². The maximum atomic E-state index is 14.8. The smallest absolute Gasteiger partial charge is 0.408 e. The number of nitrogens with zero attached hydrogens (tertiary/aromatic N) is 6. The summed E-state index contributed by atoms with van der Waals surface area (Å²) in [5.74, 6) is -8.97. The summed E-state index contributed by atoms with van der Waals surface area (Å²) in [6.07, 6.45) is 1.39. The fourth-order valence-electron chi connectivity index (χ4n) is 16.9. The second-order valence-electron chi connectivity index (χ2n) is 38.8. The largest absolute Gasteiger partial charge is 0.487 e. The molecule has 12 rings (SSSR count). The number of carbonyl (C=O) groups excluding carboxylic acids is 11. The number of sulfone groups is 2. The van der Waals surface area contributed by atoms with Gasteiger partial charge in [0, 0.05) is 134 Å². The molecule has 0 fully saturated rings. The number of halogens is 4. The monoisotopic (exact) mass is 2100 g/mol. The van der Waals surface area contributed by atoms with Gasteiger partial charge in [-0.15, -0.1) is 0 Å². The summed E-state index contributed by atoms with van der Waals surface area (Å²) in [5, 5.41) is 15.8. The fraction of sp³-hybridized carbons (Fsp3) is 0.360. The van der Waals surface area contributed by atoms with E-state index in [4.69, 9.17) is 46.2 Å². The van der Waals surface area contributed by atoms with Crippen molar-refractivity contribution in [2.75, 3.05) is 67.4 Å². The van der Waals surface area contributed by atoms with Crippen LogP contribution in [0.1, 0.15) is 146 Å². The van der Waals surface area contributed by atoms with E-state index in [2.05, 4.69) is 46.5 Å². The van der Waals surface area contributed by atoms with Gasteiger partial charge in [0.2, 0.25) is 11.8 Å². The highest BCUT2D eigenvalue weighted by Crippen LogP contribution is 2.38. The third kappa shape index (κ3) is 35.6. The van der Waals surface area contributed by atoms with Gasteiger partial charge >= 0.3 is 6.09 Å². The van der Waals surface area contributed by atoms with E-state index in [9.17, 15) is 78.4 Å². The zero-order valence-electron chi connectivity index (χ0n) is 83.8. The minimum absolute atomic E-state index is 0.0280. The normalized spacial score (nSPS) is 12.7. The van der Waals surface area contributed by atoms with Crippen LogP contribution in [0.2, 0.25) is 10.0 Å². The van der Waals surface area contributed by atoms with Gasteiger partial charge in [-0.1, -0.05) is 136 Å². The summed E-state index contributed by atoms with van der Waals surface area (Å²) in [6.45, 7) is 9.45. The first kappa shape index (κ1) is 113. The Kier molecular flexibility index (Phi) is 40.3. The molecule has 12 aromatic rings. The lowest BCUT2D eigenvalue weighted by Crippen LogP contribution is -2.55. The summed E-state index contributed by atoms with van der Waals surface area (Å²) in [7, 11) is -7.25. The van der Waals surface area contributed by atoms with Gasteiger partial charge in [0.15, 0.2) is 17.6 Å². The van der Waals surface area contributed by atoms with E-state index in [1.165, 1.54) is 46.7 Å². The number of hydrogen-bond donors (Lipinski definition) is 5. The molecule has 780 valence electrons. The van der Waals surface area contributed by atoms with Crippen LogP contribution in [-0.2, 0) is 112 Å². The molecule has 4 heterocycles. The number of hydrogen-bond acceptors (Lipinski definition) is 27. The molecule has 0 aliphatic heterocycles. The van der Waals surface area contributed by atoms with Crippen molar-refractivity contribution in [3.8, 4) is 34.1 Å². The number of anilines is 4. The molecule has 148 heavy (non-hydrogen) atoms. The molecule has 31 nitrogen and oxygen atoms in total. The Morgan fingerprint density at radius 1 is 0.446 bits per heavy atom. The van der Waals surface area contributed by atoms with E-state index in [0.29, 0.717) is 113 Å². The molecule has 37 heteroatoms. The maximum Gasteiger partial charge on any atom is 0.408 e. The van der Waals surface area contributed by atoms with Gasteiger partial charge in [0.25, 0.3) is 5.91 Å². The highest BCUT2D eigenvalue weighted by atomic mass is 35.5. The van der Waals surface area contributed by atoms with Gasteiger partial charge in [0.05, 0.1) is 65.3 Å². The summed E-state index contributed by atoms with van der Waals surface area (Å²) in [6, 6.07) is 55.3. The Labute approximate surface area is 868 Å². The first-order valence-electron chi connectivity index (χ1n) is 48.6. The zero-order valence-corrected chi connectivity index (χ0v) is 86.9. The van der Waals surface area contributed by atoms with E-state index >= 15 is 0 Å². The molecule has 4 amide bonds. The predicted octanol–water partition coefficient (Wildman–Crippen LogP) is 18.5. The van der Waals surface area contributed by atoms with Crippen molar-refractivity contribution in [1.29, 1.82) is 0 Å². The predicted molar refractivity (Wildman–Crippen MR) is 560 cm³/mol. The Morgan fingerprint density at radius 3 is 1.28 bits per heavy atom. The minimum Gasteiger partial charge on any atom is -0.487 e. The first-order chi connectivity index (χ1) is 70.4. The number of nitrogens with one attached hydrogen (secondary N) is 5. The van der Waals surface area contributed by atoms with Gasteiger partial charge in [0.1, 0.15) is 138 Å². The molecule has 0 radical (unpaired) electrons. The van der Waals surface area contributed by atoms with Crippen LogP contribution in [0.3, 0.4) is 0 Å². The van der Waals surface area contributed by atoms with Crippen molar-refractivity contribution < 1.29 is 101 Å². The van der Waals surface area contributed by atoms with Crippen molar-refractivity contribution in [2.45, 2.75) is 163 Å². The van der Waals surface area contributed by atoms with E-state index in [-0.39, 0.29) is 132 Å². The van der Waals surface area contributed by atoms with Crippen molar-refractivity contribution in [1.82, 2.24) is 45.7 Å². The molecule has 5 N–H and O–H groups in total. The van der Waals surface area contributed by atoms with Crippen LogP contribution in [0.15, 0.2) is 228 Å². The number of ketones is 7. The van der Waals surface area contributed by atoms with E-state index in [1.54, 1.807) is 191 Å². The first-order valence-corrected chi connectivity index (χ1v) is 53.5. The number of rotatable bonds is 57. The lowest BCUT2D eigenvalue weighted by Gasteiger charge is -2.24. The van der Waals surface area contributed by atoms with Crippen molar-refractivity contribution >= 4 is 152 Å². The van der Waals surface area contributed by atoms with Crippen LogP contribution in [0.4, 0.5) is 36.6 Å². The Balaban J connectivity index is 0.646. The van der Waals surface area contributed by atoms with E-state index in [0.717, 1.165) is 12.5 Å². The average molecular weight is 2100 g/mol. The summed E-state index contributed by atoms with van der Waals surface area (Å²) in [5.41, 5.74) is 5.01. The molecule has 5 unspecified atom stereocenters. The number of alkyl carbamates (subject to hydrolysis) is 1. The lowest BCUT2D eigenvalue weighted by atomic mass is 9.81. The Hall–Kier alpha value is -14.1. The number of ether oxygens (including phenoxy) is 3. The Bertz CT molecular complexity index is 7010. The maximum absolute atomic E-state index is 14.8. The SMILES string of the molecule is CC(C)CC(CC(=O)C(CC(=O)CNCC(=O)C(NC(=O)OC(C)(C)C)C(=O)NCC(=O)CC(Cc1ccccc1)C(=O)CC(CC(C)C)C(=O)CCC(=O)N(CCS(C)(=O)=O)Cc1ccc(-c2ccc3ncnc(Nc4ccc(OCc5cccc(F)c5)c(Cl)c4)c3c2)o1)Cc1ccccc1)C(=O)CCC(=O)N(CCS(C)(=O)=O)Cc1ccc(-c2ccc3ncnc(Nc4ccc(OCc5cccc(F)c5)c(Cl)c4)c3c2)o1. The highest BCUT2D eigenvalue weighted by Gasteiger charge is 2.36. The van der Waals surface area contributed by atoms with E-state index in [1.807, 2.05) is 39.8 Å². The zero-order chi connectivity index (χ0) is 107. The topological polar surface area (TPSA) is 428 Å². The third-order valence-corrected chi connectivity index (χ3v) is 26.7. The number of fused-ring (bicyclic) bond motifs is 2. The molecule has 8 aromatic carbocycles. The second-order valence-corrected chi connectivity index (χ2v) is 44.1. The van der Waals surface area contributed by atoms with Crippen LogP contribution in [-0.4, -0.2) is 179 Å². The number of amides is 4. The molecule has 0 saturated carbocycles. The van der Waals surface area contributed by atoms with E-state index < -0.39 is 168 Å². The molecule has 0 saturated heterocycles. The van der Waals surface area contributed by atoms with Crippen molar-refractivity contribution in [3.63, 3.8) is 0 Å². The van der Waals surface area contributed by atoms with Gasteiger partial charge in [-0.05, 0) is 202 Å². The summed E-state index contributed by atoms with van der Waals surface area (Å²) >= 11 is 13.3. The molecular weight excluding hydrogens is 1980 g/mol. The third-order valence-electron chi connectivity index (χ3n) is 24.3. The van der Waals surface area contributed by atoms with Gasteiger partial charge < -0.3 is 59.4 Å². The quantitative estimate of drug-likeness (QED) is 0.0221. The lowest BCUT2D eigenvalue weighted by molar-refractivity contribution is -0.135. The van der Waals surface area contributed by atoms with Crippen molar-refractivity contribution in [2.24, 2.45) is 35.5 Å². The van der Waals surface area contributed by atoms with Crippen LogP contribution in [0, 0.1) is 47.1 Å².